The van der Waals surface area contributed by atoms with Crippen molar-refractivity contribution in [2.24, 2.45) is 0 Å². The smallest absolute Gasteiger partial charge is 0.125 e. The molecule has 5 heteroatoms. The molecule has 1 fully saturated rings. The summed E-state index contributed by atoms with van der Waals surface area (Å²) in [5, 5.41) is 18.7. The van der Waals surface area contributed by atoms with Crippen molar-refractivity contribution in [3.63, 3.8) is 0 Å². The van der Waals surface area contributed by atoms with Gasteiger partial charge in [-0.15, -0.1) is 0 Å². The molecule has 0 radical (unpaired) electrons. The number of phenols is 1. The molecule has 18 heavy (non-hydrogen) atoms. The van der Waals surface area contributed by atoms with Crippen molar-refractivity contribution in [2.75, 3.05) is 39.3 Å². The number of phenolic OH excluding ortho intramolecular Hbond substituents is 1. The van der Waals surface area contributed by atoms with Gasteiger partial charge in [-0.3, -0.25) is 4.90 Å². The number of aromatic hydroxyl groups is 1. The Hall–Kier alpha value is -1.17. The fourth-order valence-corrected chi connectivity index (χ4v) is 2.50. The van der Waals surface area contributed by atoms with Crippen LogP contribution >= 0.6 is 12.2 Å². The van der Waals surface area contributed by atoms with Crippen LogP contribution in [-0.2, 0) is 0 Å². The first-order valence-corrected chi connectivity index (χ1v) is 6.53. The summed E-state index contributed by atoms with van der Waals surface area (Å²) in [5.74, 6) is 0.236. The fraction of sp³-hybridized carbons (Fsp3) is 0.462. The van der Waals surface area contributed by atoms with Crippen LogP contribution < -0.4 is 0 Å². The first-order chi connectivity index (χ1) is 8.72. The van der Waals surface area contributed by atoms with Crippen molar-refractivity contribution in [1.29, 1.82) is 0 Å². The molecule has 4 nitrogen and oxygen atoms in total. The zero-order chi connectivity index (χ0) is 13.0. The molecule has 1 aromatic carbocycles. The Morgan fingerprint density at radius 3 is 2.44 bits per heavy atom. The molecule has 1 saturated heterocycles. The number of hydrogen-bond acceptors (Lipinski definition) is 4. The highest BCUT2D eigenvalue weighted by molar-refractivity contribution is 7.80. The molecule has 1 heterocycles. The zero-order valence-electron chi connectivity index (χ0n) is 10.2. The lowest BCUT2D eigenvalue weighted by Gasteiger charge is -2.36. The normalized spacial score (nSPS) is 16.8. The van der Waals surface area contributed by atoms with Gasteiger partial charge in [0.2, 0.25) is 0 Å². The van der Waals surface area contributed by atoms with Gasteiger partial charge in [-0.25, -0.2) is 0 Å². The zero-order valence-corrected chi connectivity index (χ0v) is 11.1. The molecule has 0 bridgehead atoms. The highest BCUT2D eigenvalue weighted by Crippen LogP contribution is 2.19. The molecular weight excluding hydrogens is 248 g/mol. The lowest BCUT2D eigenvalue weighted by Crippen LogP contribution is -2.49. The van der Waals surface area contributed by atoms with Gasteiger partial charge in [-0.05, 0) is 12.1 Å². The Bertz CT molecular complexity index is 417. The highest BCUT2D eigenvalue weighted by Gasteiger charge is 2.20. The number of hydrogen-bond donors (Lipinski definition) is 2. The second-order valence-electron chi connectivity index (χ2n) is 4.37. The number of thiocarbonyl (C=S) groups is 1. The van der Waals surface area contributed by atoms with Crippen molar-refractivity contribution < 1.29 is 10.2 Å². The van der Waals surface area contributed by atoms with Crippen molar-refractivity contribution in [3.8, 4) is 5.75 Å². The number of aliphatic hydroxyl groups excluding tert-OH is 1. The summed E-state index contributed by atoms with van der Waals surface area (Å²) >= 11 is 5.43. The number of benzene rings is 1. The number of nitrogens with zero attached hydrogens (tertiary/aromatic N) is 2. The summed E-state index contributed by atoms with van der Waals surface area (Å²) < 4.78 is 0. The quantitative estimate of drug-likeness (QED) is 0.788. The molecule has 1 aromatic rings. The van der Waals surface area contributed by atoms with E-state index in [9.17, 15) is 5.11 Å². The summed E-state index contributed by atoms with van der Waals surface area (Å²) in [7, 11) is 0. The number of para-hydroxylation sites is 1. The molecule has 0 unspecified atom stereocenters. The fourth-order valence-electron chi connectivity index (χ4n) is 2.14. The third-order valence-corrected chi connectivity index (χ3v) is 3.69. The molecular formula is C13H18N2O2S. The van der Waals surface area contributed by atoms with E-state index in [2.05, 4.69) is 9.80 Å². The van der Waals surface area contributed by atoms with E-state index in [1.807, 2.05) is 12.1 Å². The van der Waals surface area contributed by atoms with Crippen LogP contribution in [0.2, 0.25) is 0 Å². The summed E-state index contributed by atoms with van der Waals surface area (Å²) in [4.78, 5) is 5.03. The van der Waals surface area contributed by atoms with Crippen LogP contribution in [0.3, 0.4) is 0 Å². The minimum atomic E-state index is 0.198. The van der Waals surface area contributed by atoms with E-state index in [1.54, 1.807) is 12.1 Å². The van der Waals surface area contributed by atoms with Crippen molar-refractivity contribution >= 4 is 17.2 Å². The van der Waals surface area contributed by atoms with Gasteiger partial charge >= 0.3 is 0 Å². The summed E-state index contributed by atoms with van der Waals surface area (Å²) in [6.07, 6.45) is 0. The van der Waals surface area contributed by atoms with E-state index in [-0.39, 0.29) is 12.4 Å². The monoisotopic (exact) mass is 266 g/mol. The average Bonchev–Trinajstić information content (AvgIpc) is 2.40. The Balaban J connectivity index is 1.98. The second kappa shape index (κ2) is 6.13. The predicted octanol–water partition coefficient (Wildman–Crippen LogP) is 0.678. The Labute approximate surface area is 112 Å². The van der Waals surface area contributed by atoms with Crippen molar-refractivity contribution in [3.05, 3.63) is 29.8 Å². The van der Waals surface area contributed by atoms with E-state index in [4.69, 9.17) is 17.3 Å². The molecule has 1 aliphatic heterocycles. The third-order valence-electron chi connectivity index (χ3n) is 3.21. The van der Waals surface area contributed by atoms with Gasteiger partial charge in [0.15, 0.2) is 0 Å². The van der Waals surface area contributed by atoms with Crippen molar-refractivity contribution in [2.45, 2.75) is 0 Å². The number of aliphatic hydroxyl groups is 1. The number of piperazine rings is 1. The minimum absolute atomic E-state index is 0.198. The van der Waals surface area contributed by atoms with E-state index in [0.717, 1.165) is 38.3 Å². The van der Waals surface area contributed by atoms with Crippen LogP contribution in [0, 0.1) is 0 Å². The molecule has 0 spiro atoms. The van der Waals surface area contributed by atoms with Gasteiger partial charge < -0.3 is 15.1 Å². The molecule has 0 aromatic heterocycles. The first kappa shape index (κ1) is 13.3. The van der Waals surface area contributed by atoms with E-state index in [0.29, 0.717) is 4.99 Å². The maximum Gasteiger partial charge on any atom is 0.125 e. The molecule has 0 aliphatic carbocycles. The summed E-state index contributed by atoms with van der Waals surface area (Å²) in [5.41, 5.74) is 0.725. The van der Waals surface area contributed by atoms with Crippen LogP contribution in [-0.4, -0.2) is 64.3 Å². The molecule has 98 valence electrons. The summed E-state index contributed by atoms with van der Waals surface area (Å²) in [6.45, 7) is 4.39. The maximum atomic E-state index is 9.79. The molecule has 2 N–H and O–H groups in total. The molecule has 0 amide bonds. The molecule has 0 saturated carbocycles. The second-order valence-corrected chi connectivity index (χ2v) is 4.76. The molecule has 0 atom stereocenters. The average molecular weight is 266 g/mol. The SMILES string of the molecule is OCCN1CCN(C(=S)c2ccccc2O)CC1. The standard InChI is InChI=1S/C13H18N2O2S/c16-10-9-14-5-7-15(8-6-14)13(18)11-3-1-2-4-12(11)17/h1-4,16-17H,5-10H2. The number of rotatable bonds is 3. The van der Waals surface area contributed by atoms with Crippen molar-refractivity contribution in [1.82, 2.24) is 9.80 Å². The van der Waals surface area contributed by atoms with E-state index < -0.39 is 0 Å². The third kappa shape index (κ3) is 2.98. The van der Waals surface area contributed by atoms with Gasteiger partial charge in [0.1, 0.15) is 10.7 Å². The predicted molar refractivity (Wildman–Crippen MR) is 74.9 cm³/mol. The first-order valence-electron chi connectivity index (χ1n) is 6.13. The van der Waals surface area contributed by atoms with Gasteiger partial charge in [0, 0.05) is 32.7 Å². The Kier molecular flexibility index (Phi) is 4.52. The highest BCUT2D eigenvalue weighted by atomic mass is 32.1. The van der Waals surface area contributed by atoms with Crippen LogP contribution in [0.25, 0.3) is 0 Å². The largest absolute Gasteiger partial charge is 0.507 e. The lowest BCUT2D eigenvalue weighted by atomic mass is 10.1. The van der Waals surface area contributed by atoms with Gasteiger partial charge in [-0.2, -0.15) is 0 Å². The maximum absolute atomic E-state index is 9.79. The molecule has 1 aliphatic rings. The van der Waals surface area contributed by atoms with Crippen LogP contribution in [0.15, 0.2) is 24.3 Å². The molecule has 2 rings (SSSR count). The lowest BCUT2D eigenvalue weighted by molar-refractivity contribution is 0.148. The minimum Gasteiger partial charge on any atom is -0.507 e. The van der Waals surface area contributed by atoms with Crippen LogP contribution in [0.4, 0.5) is 0 Å². The van der Waals surface area contributed by atoms with Crippen LogP contribution in [0.1, 0.15) is 5.56 Å². The van der Waals surface area contributed by atoms with E-state index in [1.165, 1.54) is 0 Å². The van der Waals surface area contributed by atoms with Gasteiger partial charge in [-0.1, -0.05) is 24.4 Å². The summed E-state index contributed by atoms with van der Waals surface area (Å²) in [6, 6.07) is 7.17. The number of β-amino-alcohol motifs (C(OH)–C–C–N with tert-alkyl or cyclic N) is 1. The van der Waals surface area contributed by atoms with Gasteiger partial charge in [0.25, 0.3) is 0 Å². The van der Waals surface area contributed by atoms with Crippen LogP contribution in [0.5, 0.6) is 5.75 Å². The van der Waals surface area contributed by atoms with Gasteiger partial charge in [0.05, 0.1) is 12.2 Å². The topological polar surface area (TPSA) is 46.9 Å². The van der Waals surface area contributed by atoms with E-state index >= 15 is 0 Å². The Morgan fingerprint density at radius 1 is 1.17 bits per heavy atom. The Morgan fingerprint density at radius 2 is 1.83 bits per heavy atom.